The van der Waals surface area contributed by atoms with E-state index >= 15 is 0 Å². The first-order valence-electron chi connectivity index (χ1n) is 8.47. The summed E-state index contributed by atoms with van der Waals surface area (Å²) < 4.78 is 41.8. The number of carbonyl (C=O) groups is 1. The number of hydrogen-bond donors (Lipinski definition) is 1. The molecule has 0 saturated heterocycles. The van der Waals surface area contributed by atoms with E-state index in [0.29, 0.717) is 29.7 Å². The van der Waals surface area contributed by atoms with Crippen molar-refractivity contribution in [2.75, 3.05) is 16.8 Å². The van der Waals surface area contributed by atoms with E-state index in [1.807, 2.05) is 18.7 Å². The molecule has 0 atom stereocenters. The van der Waals surface area contributed by atoms with E-state index in [1.165, 1.54) is 30.3 Å². The molecule has 2 aromatic carbocycles. The maximum Gasteiger partial charge on any atom is 0.286 e. The first-order valence-corrected chi connectivity index (χ1v) is 9.91. The van der Waals surface area contributed by atoms with Crippen molar-refractivity contribution in [3.8, 4) is 0 Å². The van der Waals surface area contributed by atoms with Crippen LogP contribution in [0.3, 0.4) is 0 Å². The van der Waals surface area contributed by atoms with Gasteiger partial charge in [-0.2, -0.15) is 8.42 Å². The Bertz CT molecular complexity index is 1010. The summed E-state index contributed by atoms with van der Waals surface area (Å²) >= 11 is 0. The van der Waals surface area contributed by atoms with Crippen molar-refractivity contribution in [2.45, 2.75) is 25.7 Å². The van der Waals surface area contributed by atoms with Gasteiger partial charge in [0.25, 0.3) is 15.9 Å². The number of sulfonamides is 1. The highest BCUT2D eigenvalue weighted by Crippen LogP contribution is 2.33. The Balaban J connectivity index is 1.96. The predicted molar refractivity (Wildman–Crippen MR) is 103 cm³/mol. The Hall–Kier alpha value is -2.74. The van der Waals surface area contributed by atoms with Crippen LogP contribution >= 0.6 is 0 Å². The number of anilines is 2. The molecule has 0 saturated carbocycles. The molecule has 27 heavy (non-hydrogen) atoms. The normalized spacial score (nSPS) is 15.3. The summed E-state index contributed by atoms with van der Waals surface area (Å²) in [5.74, 6) is -0.197. The molecule has 0 aliphatic carbocycles. The second-order valence-electron chi connectivity index (χ2n) is 6.76. The molecule has 1 aliphatic rings. The van der Waals surface area contributed by atoms with Crippen molar-refractivity contribution in [1.29, 1.82) is 0 Å². The van der Waals surface area contributed by atoms with Gasteiger partial charge in [0.2, 0.25) is 0 Å². The summed E-state index contributed by atoms with van der Waals surface area (Å²) in [5.41, 5.74) is 1.10. The first-order chi connectivity index (χ1) is 12.7. The summed E-state index contributed by atoms with van der Waals surface area (Å²) in [7, 11) is -3.88. The van der Waals surface area contributed by atoms with Gasteiger partial charge in [-0.25, -0.2) is 4.39 Å². The van der Waals surface area contributed by atoms with Gasteiger partial charge < -0.3 is 10.2 Å². The SMILES string of the molecule is CC1=NS(=O)(=O)c2cc(C(=O)Nc3ccc(F)cc3)ccc2N1CC(C)C. The molecule has 1 aliphatic heterocycles. The number of halogens is 1. The second kappa shape index (κ2) is 7.11. The Morgan fingerprint density at radius 3 is 2.48 bits per heavy atom. The van der Waals surface area contributed by atoms with Crippen LogP contribution in [0.2, 0.25) is 0 Å². The predicted octanol–water partition coefficient (Wildman–Crippen LogP) is 3.66. The van der Waals surface area contributed by atoms with Crippen molar-refractivity contribution in [2.24, 2.45) is 10.3 Å². The number of amidine groups is 1. The zero-order valence-electron chi connectivity index (χ0n) is 15.2. The molecule has 0 radical (unpaired) electrons. The summed E-state index contributed by atoms with van der Waals surface area (Å²) in [6.45, 7) is 6.32. The first kappa shape index (κ1) is 19.0. The van der Waals surface area contributed by atoms with Crippen LogP contribution in [0.25, 0.3) is 0 Å². The molecular formula is C19H20FN3O3S. The average Bonchev–Trinajstić information content (AvgIpc) is 2.59. The number of nitrogens with zero attached hydrogens (tertiary/aromatic N) is 2. The van der Waals surface area contributed by atoms with Gasteiger partial charge in [-0.05, 0) is 55.3 Å². The molecule has 0 aromatic heterocycles. The number of fused-ring (bicyclic) bond motifs is 1. The summed E-state index contributed by atoms with van der Waals surface area (Å²) in [4.78, 5) is 14.3. The fourth-order valence-corrected chi connectivity index (χ4v) is 4.13. The van der Waals surface area contributed by atoms with Gasteiger partial charge in [-0.3, -0.25) is 4.79 Å². The topological polar surface area (TPSA) is 78.8 Å². The average molecular weight is 389 g/mol. The summed E-state index contributed by atoms with van der Waals surface area (Å²) in [6, 6.07) is 9.84. The van der Waals surface area contributed by atoms with Gasteiger partial charge in [0, 0.05) is 17.8 Å². The van der Waals surface area contributed by atoms with E-state index in [-0.39, 0.29) is 10.5 Å². The minimum atomic E-state index is -3.88. The van der Waals surface area contributed by atoms with Crippen molar-refractivity contribution in [3.05, 3.63) is 53.8 Å². The molecule has 0 unspecified atom stereocenters. The van der Waals surface area contributed by atoms with Crippen LogP contribution in [0, 0.1) is 11.7 Å². The lowest BCUT2D eigenvalue weighted by molar-refractivity contribution is 0.102. The molecule has 2 aromatic rings. The smallest absolute Gasteiger partial charge is 0.286 e. The number of amides is 1. The lowest BCUT2D eigenvalue weighted by Crippen LogP contribution is -2.36. The Labute approximate surface area is 157 Å². The molecule has 142 valence electrons. The van der Waals surface area contributed by atoms with E-state index in [9.17, 15) is 17.6 Å². The van der Waals surface area contributed by atoms with Gasteiger partial charge in [0.15, 0.2) is 0 Å². The number of rotatable bonds is 4. The monoisotopic (exact) mass is 389 g/mol. The minimum Gasteiger partial charge on any atom is -0.328 e. The largest absolute Gasteiger partial charge is 0.328 e. The number of benzene rings is 2. The lowest BCUT2D eigenvalue weighted by Gasteiger charge is -2.30. The van der Waals surface area contributed by atoms with Crippen LogP contribution in [-0.4, -0.2) is 26.7 Å². The van der Waals surface area contributed by atoms with Crippen LogP contribution in [-0.2, 0) is 10.0 Å². The highest BCUT2D eigenvalue weighted by molar-refractivity contribution is 7.90. The van der Waals surface area contributed by atoms with Crippen molar-refractivity contribution >= 4 is 33.1 Å². The molecular weight excluding hydrogens is 369 g/mol. The number of carbonyl (C=O) groups excluding carboxylic acids is 1. The van der Waals surface area contributed by atoms with Crippen LogP contribution in [0.4, 0.5) is 15.8 Å². The second-order valence-corrected chi connectivity index (χ2v) is 8.33. The molecule has 8 heteroatoms. The fourth-order valence-electron chi connectivity index (χ4n) is 2.86. The molecule has 0 fully saturated rings. The van der Waals surface area contributed by atoms with Crippen LogP contribution in [0.1, 0.15) is 31.1 Å². The third-order valence-electron chi connectivity index (χ3n) is 4.08. The Morgan fingerprint density at radius 2 is 1.85 bits per heavy atom. The number of hydrogen-bond acceptors (Lipinski definition) is 4. The van der Waals surface area contributed by atoms with Gasteiger partial charge in [0.1, 0.15) is 16.5 Å². The number of nitrogens with one attached hydrogen (secondary N) is 1. The highest BCUT2D eigenvalue weighted by Gasteiger charge is 2.30. The molecule has 0 spiro atoms. The third-order valence-corrected chi connectivity index (χ3v) is 5.47. The van der Waals surface area contributed by atoms with Gasteiger partial charge >= 0.3 is 0 Å². The standard InChI is InChI=1S/C19H20FN3O3S/c1-12(2)11-23-13(3)22-27(25,26)18-10-14(4-9-17(18)23)19(24)21-16-7-5-15(20)6-8-16/h4-10,12H,11H2,1-3H3,(H,21,24). The summed E-state index contributed by atoms with van der Waals surface area (Å²) in [6.07, 6.45) is 0. The molecule has 3 rings (SSSR count). The Morgan fingerprint density at radius 1 is 1.19 bits per heavy atom. The molecule has 6 nitrogen and oxygen atoms in total. The zero-order valence-corrected chi connectivity index (χ0v) is 16.0. The van der Waals surface area contributed by atoms with Crippen molar-refractivity contribution < 1.29 is 17.6 Å². The lowest BCUT2D eigenvalue weighted by atomic mass is 10.1. The van der Waals surface area contributed by atoms with E-state index < -0.39 is 21.7 Å². The fraction of sp³-hybridized carbons (Fsp3) is 0.263. The van der Waals surface area contributed by atoms with Crippen molar-refractivity contribution in [1.82, 2.24) is 0 Å². The van der Waals surface area contributed by atoms with Crippen LogP contribution in [0.15, 0.2) is 51.8 Å². The maximum atomic E-state index is 13.0. The van der Waals surface area contributed by atoms with E-state index in [4.69, 9.17) is 0 Å². The van der Waals surface area contributed by atoms with Crippen LogP contribution < -0.4 is 10.2 Å². The van der Waals surface area contributed by atoms with E-state index in [0.717, 1.165) is 0 Å². The van der Waals surface area contributed by atoms with E-state index in [1.54, 1.807) is 19.1 Å². The van der Waals surface area contributed by atoms with E-state index in [2.05, 4.69) is 9.71 Å². The van der Waals surface area contributed by atoms with Crippen LogP contribution in [0.5, 0.6) is 0 Å². The highest BCUT2D eigenvalue weighted by atomic mass is 32.2. The van der Waals surface area contributed by atoms with Gasteiger partial charge in [-0.15, -0.1) is 4.40 Å². The molecule has 1 N–H and O–H groups in total. The molecule has 1 amide bonds. The minimum absolute atomic E-state index is 0.000469. The molecule has 0 bridgehead atoms. The van der Waals surface area contributed by atoms with Crippen molar-refractivity contribution in [3.63, 3.8) is 0 Å². The zero-order chi connectivity index (χ0) is 19.8. The Kier molecular flexibility index (Phi) is 5.01. The van der Waals surface area contributed by atoms with Gasteiger partial charge in [0.05, 0.1) is 5.69 Å². The maximum absolute atomic E-state index is 13.0. The summed E-state index contributed by atoms with van der Waals surface area (Å²) in [5, 5.41) is 2.62. The van der Waals surface area contributed by atoms with Gasteiger partial charge in [-0.1, -0.05) is 13.8 Å². The quantitative estimate of drug-likeness (QED) is 0.866. The molecule has 1 heterocycles. The third kappa shape index (κ3) is 4.00.